The van der Waals surface area contributed by atoms with Gasteiger partial charge < -0.3 is 15.2 Å². The van der Waals surface area contributed by atoms with Crippen LogP contribution < -0.4 is 10.1 Å². The highest BCUT2D eigenvalue weighted by Crippen LogP contribution is 2.35. The quantitative estimate of drug-likeness (QED) is 0.217. The number of aliphatic carboxylic acids is 1. The van der Waals surface area contributed by atoms with E-state index in [0.29, 0.717) is 23.8 Å². The van der Waals surface area contributed by atoms with Crippen LogP contribution in [0.3, 0.4) is 0 Å². The number of halogens is 3. The van der Waals surface area contributed by atoms with Crippen molar-refractivity contribution in [1.29, 1.82) is 0 Å². The topological polar surface area (TPSA) is 58.6 Å². The highest BCUT2D eigenvalue weighted by molar-refractivity contribution is 5.70. The van der Waals surface area contributed by atoms with Gasteiger partial charge in [0.05, 0.1) is 12.0 Å². The van der Waals surface area contributed by atoms with E-state index in [-0.39, 0.29) is 12.5 Å². The number of alkyl halides is 3. The zero-order valence-corrected chi connectivity index (χ0v) is 23.6. The molecule has 1 aliphatic carbocycles. The molecule has 0 saturated heterocycles. The zero-order valence-electron chi connectivity index (χ0n) is 23.6. The van der Waals surface area contributed by atoms with E-state index in [1.54, 1.807) is 0 Å². The number of rotatable bonds is 13. The molecule has 0 aromatic heterocycles. The van der Waals surface area contributed by atoms with Gasteiger partial charge in [-0.25, -0.2) is 0 Å². The average Bonchev–Trinajstić information content (AvgIpc) is 2.91. The van der Waals surface area contributed by atoms with Crippen LogP contribution in [0.1, 0.15) is 81.6 Å². The minimum absolute atomic E-state index is 0.0677. The SMILES string of the molecule is CC(C)CCCC(Oc1ccc(-c2ccc(C(F)(F)F)cc2)cc1)c1ccc(C(NCCC(=O)O)=C2CCC2)cc1. The maximum atomic E-state index is 12.9. The van der Waals surface area contributed by atoms with E-state index in [0.717, 1.165) is 73.0 Å². The summed E-state index contributed by atoms with van der Waals surface area (Å²) < 4.78 is 45.2. The molecular weight excluding hydrogens is 527 g/mol. The fourth-order valence-corrected chi connectivity index (χ4v) is 4.94. The lowest BCUT2D eigenvalue weighted by Crippen LogP contribution is -2.20. The Morgan fingerprint density at radius 3 is 2.02 bits per heavy atom. The smallest absolute Gasteiger partial charge is 0.416 e. The minimum Gasteiger partial charge on any atom is -0.486 e. The van der Waals surface area contributed by atoms with Crippen molar-refractivity contribution in [3.63, 3.8) is 0 Å². The minimum atomic E-state index is -4.36. The van der Waals surface area contributed by atoms with Crippen molar-refractivity contribution < 1.29 is 27.8 Å². The number of carbonyl (C=O) groups is 1. The third-order valence-electron chi connectivity index (χ3n) is 7.45. The van der Waals surface area contributed by atoms with E-state index in [2.05, 4.69) is 43.4 Å². The molecule has 0 radical (unpaired) electrons. The standard InChI is InChI=1S/C34H38F3NO3/c1-23(2)5-3-8-31(26-9-11-28(12-10-26)33(27-6-4-7-27)38-22-21-32(39)40)41-30-19-15-25(16-20-30)24-13-17-29(18-14-24)34(35,36)37/h9-20,23,31,38H,3-8,21-22H2,1-2H3,(H,39,40). The Hall–Kier alpha value is -3.74. The molecule has 7 heteroatoms. The summed E-state index contributed by atoms with van der Waals surface area (Å²) in [5.41, 5.74) is 5.36. The second-order valence-electron chi connectivity index (χ2n) is 11.1. The number of allylic oxidation sites excluding steroid dienone is 1. The number of hydrogen-bond donors (Lipinski definition) is 2. The van der Waals surface area contributed by atoms with E-state index in [9.17, 15) is 18.0 Å². The van der Waals surface area contributed by atoms with Crippen molar-refractivity contribution in [1.82, 2.24) is 5.32 Å². The van der Waals surface area contributed by atoms with Crippen LogP contribution in [0.25, 0.3) is 16.8 Å². The van der Waals surface area contributed by atoms with Crippen LogP contribution in [0, 0.1) is 5.92 Å². The highest BCUT2D eigenvalue weighted by Gasteiger charge is 2.30. The number of carboxylic acid groups (broad SMARTS) is 1. The first-order chi connectivity index (χ1) is 19.6. The van der Waals surface area contributed by atoms with Crippen LogP contribution in [-0.2, 0) is 11.0 Å². The van der Waals surface area contributed by atoms with Gasteiger partial charge in [-0.2, -0.15) is 13.2 Å². The fourth-order valence-electron chi connectivity index (χ4n) is 4.94. The van der Waals surface area contributed by atoms with E-state index in [4.69, 9.17) is 9.84 Å². The summed E-state index contributed by atoms with van der Waals surface area (Å²) in [6.45, 7) is 4.80. The molecule has 1 saturated carbocycles. The predicted molar refractivity (Wildman–Crippen MR) is 156 cm³/mol. The number of hydrogen-bond acceptors (Lipinski definition) is 3. The number of nitrogens with one attached hydrogen (secondary N) is 1. The molecule has 4 rings (SSSR count). The Bertz CT molecular complexity index is 1310. The molecule has 218 valence electrons. The van der Waals surface area contributed by atoms with Crippen molar-refractivity contribution in [2.45, 2.75) is 71.1 Å². The van der Waals surface area contributed by atoms with E-state index < -0.39 is 17.7 Å². The molecule has 1 fully saturated rings. The van der Waals surface area contributed by atoms with E-state index in [1.807, 2.05) is 24.3 Å². The average molecular weight is 566 g/mol. The molecule has 0 heterocycles. The van der Waals surface area contributed by atoms with Gasteiger partial charge in [0.2, 0.25) is 0 Å². The van der Waals surface area contributed by atoms with Crippen molar-refractivity contribution in [3.8, 4) is 16.9 Å². The Kier molecular flexibility index (Phi) is 10.1. The lowest BCUT2D eigenvalue weighted by molar-refractivity contribution is -0.138. The molecule has 3 aromatic rings. The van der Waals surface area contributed by atoms with Crippen LogP contribution >= 0.6 is 0 Å². The normalized spacial score (nSPS) is 14.0. The van der Waals surface area contributed by atoms with Crippen molar-refractivity contribution in [2.24, 2.45) is 5.92 Å². The molecule has 4 nitrogen and oxygen atoms in total. The van der Waals surface area contributed by atoms with Crippen molar-refractivity contribution >= 4 is 11.7 Å². The molecule has 0 aliphatic heterocycles. The summed E-state index contributed by atoms with van der Waals surface area (Å²) in [7, 11) is 0. The maximum absolute atomic E-state index is 12.9. The first kappa shape index (κ1) is 30.2. The van der Waals surface area contributed by atoms with E-state index in [1.165, 1.54) is 17.7 Å². The summed E-state index contributed by atoms with van der Waals surface area (Å²) in [5.74, 6) is 0.473. The fraction of sp³-hybridized carbons (Fsp3) is 0.382. The zero-order chi connectivity index (χ0) is 29.4. The van der Waals surface area contributed by atoms with Gasteiger partial charge in [-0.15, -0.1) is 0 Å². The van der Waals surface area contributed by atoms with Crippen LogP contribution in [0.5, 0.6) is 5.75 Å². The van der Waals surface area contributed by atoms with Crippen LogP contribution in [0.4, 0.5) is 13.2 Å². The largest absolute Gasteiger partial charge is 0.486 e. The Labute approximate surface area is 240 Å². The summed E-state index contributed by atoms with van der Waals surface area (Å²) in [5, 5.41) is 12.4. The molecular formula is C34H38F3NO3. The predicted octanol–water partition coefficient (Wildman–Crippen LogP) is 9.28. The van der Waals surface area contributed by atoms with Gasteiger partial charge in [0, 0.05) is 12.2 Å². The van der Waals surface area contributed by atoms with Gasteiger partial charge in [0.25, 0.3) is 0 Å². The van der Waals surface area contributed by atoms with Crippen LogP contribution in [-0.4, -0.2) is 17.6 Å². The van der Waals surface area contributed by atoms with E-state index >= 15 is 0 Å². The Morgan fingerprint density at radius 1 is 0.902 bits per heavy atom. The molecule has 1 atom stereocenters. The van der Waals surface area contributed by atoms with Gasteiger partial charge in [-0.05, 0) is 90.1 Å². The molecule has 41 heavy (non-hydrogen) atoms. The lowest BCUT2D eigenvalue weighted by Gasteiger charge is -2.24. The second kappa shape index (κ2) is 13.7. The highest BCUT2D eigenvalue weighted by atomic mass is 19.4. The van der Waals surface area contributed by atoms with Gasteiger partial charge in [0.1, 0.15) is 11.9 Å². The molecule has 1 aliphatic rings. The molecule has 2 N–H and O–H groups in total. The number of ether oxygens (including phenoxy) is 1. The Morgan fingerprint density at radius 2 is 1.51 bits per heavy atom. The first-order valence-electron chi connectivity index (χ1n) is 14.3. The van der Waals surface area contributed by atoms with Gasteiger partial charge in [-0.3, -0.25) is 4.79 Å². The summed E-state index contributed by atoms with van der Waals surface area (Å²) >= 11 is 0. The van der Waals surface area contributed by atoms with Crippen molar-refractivity contribution in [2.75, 3.05) is 6.54 Å². The third-order valence-corrected chi connectivity index (χ3v) is 7.45. The first-order valence-corrected chi connectivity index (χ1v) is 14.3. The van der Waals surface area contributed by atoms with Crippen LogP contribution in [0.15, 0.2) is 78.4 Å². The second-order valence-corrected chi connectivity index (χ2v) is 11.1. The molecule has 0 bridgehead atoms. The summed E-state index contributed by atoms with van der Waals surface area (Å²) in [4.78, 5) is 11.0. The number of benzene rings is 3. The van der Waals surface area contributed by atoms with Gasteiger partial charge in [0.15, 0.2) is 0 Å². The molecule has 3 aromatic carbocycles. The summed E-state index contributed by atoms with van der Waals surface area (Å²) in [6.07, 6.45) is 1.72. The monoisotopic (exact) mass is 565 g/mol. The summed E-state index contributed by atoms with van der Waals surface area (Å²) in [6, 6.07) is 21.0. The Balaban J connectivity index is 1.49. The van der Waals surface area contributed by atoms with Crippen LogP contribution in [0.2, 0.25) is 0 Å². The van der Waals surface area contributed by atoms with Crippen molar-refractivity contribution in [3.05, 3.63) is 95.1 Å². The van der Waals surface area contributed by atoms with Gasteiger partial charge in [-0.1, -0.05) is 68.8 Å². The maximum Gasteiger partial charge on any atom is 0.416 e. The lowest BCUT2D eigenvalue weighted by atomic mass is 9.88. The molecule has 0 spiro atoms. The third kappa shape index (κ3) is 8.62. The van der Waals surface area contributed by atoms with Gasteiger partial charge >= 0.3 is 12.1 Å². The molecule has 0 amide bonds. The molecule has 1 unspecified atom stereocenters. The number of carboxylic acids is 1.